The number of anilines is 1. The number of piperidine rings is 1. The van der Waals surface area contributed by atoms with Crippen LogP contribution in [-0.2, 0) is 11.3 Å². The average molecular weight is 450 g/mol. The summed E-state index contributed by atoms with van der Waals surface area (Å²) in [5.74, 6) is 0.594. The third kappa shape index (κ3) is 5.63. The summed E-state index contributed by atoms with van der Waals surface area (Å²) in [6.07, 6.45) is 1.82. The van der Waals surface area contributed by atoms with Crippen LogP contribution >= 0.6 is 22.6 Å². The summed E-state index contributed by atoms with van der Waals surface area (Å²) in [7, 11) is 0. The SMILES string of the molecule is O=C(OCc1ccccc1)N1CCC(CNc2cccc(I)c2)CC1. The molecule has 0 unspecified atom stereocenters. The summed E-state index contributed by atoms with van der Waals surface area (Å²) in [4.78, 5) is 14.0. The predicted molar refractivity (Wildman–Crippen MR) is 109 cm³/mol. The molecule has 1 aliphatic heterocycles. The molecule has 132 valence electrons. The van der Waals surface area contributed by atoms with Crippen LogP contribution in [-0.4, -0.2) is 30.6 Å². The minimum atomic E-state index is -0.201. The predicted octanol–water partition coefficient (Wildman–Crippen LogP) is 4.75. The number of benzene rings is 2. The summed E-state index contributed by atoms with van der Waals surface area (Å²) in [5.41, 5.74) is 2.18. The Morgan fingerprint density at radius 1 is 1.12 bits per heavy atom. The lowest BCUT2D eigenvalue weighted by atomic mass is 9.97. The van der Waals surface area contributed by atoms with Gasteiger partial charge in [0, 0.05) is 28.9 Å². The second kappa shape index (κ2) is 9.08. The van der Waals surface area contributed by atoms with E-state index in [1.54, 1.807) is 0 Å². The molecule has 1 N–H and O–H groups in total. The zero-order chi connectivity index (χ0) is 17.5. The lowest BCUT2D eigenvalue weighted by Crippen LogP contribution is -2.40. The Kier molecular flexibility index (Phi) is 6.55. The number of nitrogens with one attached hydrogen (secondary N) is 1. The molecule has 0 saturated carbocycles. The fraction of sp³-hybridized carbons (Fsp3) is 0.350. The van der Waals surface area contributed by atoms with Gasteiger partial charge in [-0.3, -0.25) is 0 Å². The van der Waals surface area contributed by atoms with Crippen LogP contribution in [0.1, 0.15) is 18.4 Å². The highest BCUT2D eigenvalue weighted by molar-refractivity contribution is 14.1. The van der Waals surface area contributed by atoms with Crippen molar-refractivity contribution < 1.29 is 9.53 Å². The van der Waals surface area contributed by atoms with Gasteiger partial charge in [0.05, 0.1) is 0 Å². The lowest BCUT2D eigenvalue weighted by Gasteiger charge is -2.31. The molecule has 2 aromatic rings. The van der Waals surface area contributed by atoms with Crippen LogP contribution < -0.4 is 5.32 Å². The minimum Gasteiger partial charge on any atom is -0.445 e. The Morgan fingerprint density at radius 3 is 2.60 bits per heavy atom. The molecular weight excluding hydrogens is 427 g/mol. The highest BCUT2D eigenvalue weighted by atomic mass is 127. The molecule has 1 fully saturated rings. The van der Waals surface area contributed by atoms with Crippen molar-refractivity contribution in [1.82, 2.24) is 4.90 Å². The largest absolute Gasteiger partial charge is 0.445 e. The molecule has 0 radical (unpaired) electrons. The molecule has 0 bridgehead atoms. The quantitative estimate of drug-likeness (QED) is 0.669. The third-order valence-electron chi connectivity index (χ3n) is 4.50. The summed E-state index contributed by atoms with van der Waals surface area (Å²) in [6.45, 7) is 2.83. The van der Waals surface area contributed by atoms with Crippen molar-refractivity contribution in [3.63, 3.8) is 0 Å². The number of hydrogen-bond donors (Lipinski definition) is 1. The van der Waals surface area contributed by atoms with Gasteiger partial charge in [-0.05, 0) is 65.1 Å². The lowest BCUT2D eigenvalue weighted by molar-refractivity contribution is 0.0832. The smallest absolute Gasteiger partial charge is 0.410 e. The number of ether oxygens (including phenoxy) is 1. The van der Waals surface area contributed by atoms with Gasteiger partial charge < -0.3 is 15.0 Å². The summed E-state index contributed by atoms with van der Waals surface area (Å²) in [5, 5.41) is 3.51. The molecule has 0 aliphatic carbocycles. The molecule has 4 nitrogen and oxygen atoms in total. The van der Waals surface area contributed by atoms with Crippen molar-refractivity contribution in [2.24, 2.45) is 5.92 Å². The second-order valence-electron chi connectivity index (χ2n) is 6.36. The number of rotatable bonds is 5. The first-order valence-corrected chi connectivity index (χ1v) is 9.73. The number of nitrogens with zero attached hydrogens (tertiary/aromatic N) is 1. The van der Waals surface area contributed by atoms with Crippen molar-refractivity contribution in [2.75, 3.05) is 25.0 Å². The fourth-order valence-electron chi connectivity index (χ4n) is 2.99. The molecule has 2 aromatic carbocycles. The first-order chi connectivity index (χ1) is 12.2. The van der Waals surface area contributed by atoms with Crippen LogP contribution in [0, 0.1) is 9.49 Å². The van der Waals surface area contributed by atoms with E-state index >= 15 is 0 Å². The normalized spacial score (nSPS) is 15.0. The summed E-state index contributed by atoms with van der Waals surface area (Å²) < 4.78 is 6.65. The molecule has 1 aliphatic rings. The van der Waals surface area contributed by atoms with E-state index in [0.29, 0.717) is 12.5 Å². The Labute approximate surface area is 162 Å². The van der Waals surface area contributed by atoms with E-state index in [4.69, 9.17) is 4.74 Å². The molecule has 0 aromatic heterocycles. The van der Waals surface area contributed by atoms with E-state index in [0.717, 1.165) is 43.7 Å². The Bertz CT molecular complexity index is 685. The first-order valence-electron chi connectivity index (χ1n) is 8.66. The fourth-order valence-corrected chi connectivity index (χ4v) is 3.53. The van der Waals surface area contributed by atoms with Crippen molar-refractivity contribution in [3.8, 4) is 0 Å². The number of hydrogen-bond acceptors (Lipinski definition) is 3. The van der Waals surface area contributed by atoms with E-state index in [1.165, 1.54) is 3.57 Å². The average Bonchev–Trinajstić information content (AvgIpc) is 2.66. The van der Waals surface area contributed by atoms with E-state index in [-0.39, 0.29) is 6.09 Å². The maximum absolute atomic E-state index is 12.2. The van der Waals surface area contributed by atoms with Gasteiger partial charge in [-0.25, -0.2) is 4.79 Å². The van der Waals surface area contributed by atoms with E-state index in [9.17, 15) is 4.79 Å². The van der Waals surface area contributed by atoms with E-state index < -0.39 is 0 Å². The van der Waals surface area contributed by atoms with Crippen LogP contribution in [0.2, 0.25) is 0 Å². The highest BCUT2D eigenvalue weighted by Gasteiger charge is 2.23. The van der Waals surface area contributed by atoms with Gasteiger partial charge in [-0.15, -0.1) is 0 Å². The maximum Gasteiger partial charge on any atom is 0.410 e. The van der Waals surface area contributed by atoms with E-state index in [2.05, 4.69) is 52.2 Å². The van der Waals surface area contributed by atoms with Crippen molar-refractivity contribution in [1.29, 1.82) is 0 Å². The molecular formula is C20H23IN2O2. The number of amides is 1. The zero-order valence-electron chi connectivity index (χ0n) is 14.2. The maximum atomic E-state index is 12.2. The van der Waals surface area contributed by atoms with Gasteiger partial charge in [0.15, 0.2) is 0 Å². The van der Waals surface area contributed by atoms with Gasteiger partial charge in [-0.1, -0.05) is 36.4 Å². The summed E-state index contributed by atoms with van der Waals surface area (Å²) in [6, 6.07) is 18.2. The number of halogens is 1. The Morgan fingerprint density at radius 2 is 1.88 bits per heavy atom. The molecule has 1 heterocycles. The van der Waals surface area contributed by atoms with E-state index in [1.807, 2.05) is 35.2 Å². The van der Waals surface area contributed by atoms with Gasteiger partial charge in [-0.2, -0.15) is 0 Å². The topological polar surface area (TPSA) is 41.6 Å². The summed E-state index contributed by atoms with van der Waals surface area (Å²) >= 11 is 2.32. The molecule has 3 rings (SSSR count). The minimum absolute atomic E-state index is 0.201. The van der Waals surface area contributed by atoms with Crippen LogP contribution in [0.15, 0.2) is 54.6 Å². The molecule has 1 amide bonds. The third-order valence-corrected chi connectivity index (χ3v) is 5.17. The van der Waals surface area contributed by atoms with Crippen molar-refractivity contribution in [3.05, 3.63) is 63.7 Å². The van der Waals surface area contributed by atoms with Crippen molar-refractivity contribution >= 4 is 34.4 Å². The highest BCUT2D eigenvalue weighted by Crippen LogP contribution is 2.20. The van der Waals surface area contributed by atoms with Gasteiger partial charge in [0.25, 0.3) is 0 Å². The second-order valence-corrected chi connectivity index (χ2v) is 7.61. The van der Waals surface area contributed by atoms with Crippen LogP contribution in [0.25, 0.3) is 0 Å². The monoisotopic (exact) mass is 450 g/mol. The van der Waals surface area contributed by atoms with Crippen LogP contribution in [0.3, 0.4) is 0 Å². The number of carbonyl (C=O) groups is 1. The zero-order valence-corrected chi connectivity index (χ0v) is 16.3. The molecule has 5 heteroatoms. The number of likely N-dealkylation sites (tertiary alicyclic amines) is 1. The van der Waals surface area contributed by atoms with Crippen LogP contribution in [0.4, 0.5) is 10.5 Å². The van der Waals surface area contributed by atoms with Gasteiger partial charge in [0.2, 0.25) is 0 Å². The van der Waals surface area contributed by atoms with Gasteiger partial charge >= 0.3 is 6.09 Å². The van der Waals surface area contributed by atoms with Crippen LogP contribution in [0.5, 0.6) is 0 Å². The molecule has 1 saturated heterocycles. The standard InChI is InChI=1S/C20H23IN2O2/c21-18-7-4-8-19(13-18)22-14-16-9-11-23(12-10-16)20(24)25-15-17-5-2-1-3-6-17/h1-8,13,16,22H,9-12,14-15H2. The molecule has 0 atom stereocenters. The Balaban J connectivity index is 1.38. The molecule has 0 spiro atoms. The van der Waals surface area contributed by atoms with Crippen molar-refractivity contribution in [2.45, 2.75) is 19.4 Å². The van der Waals surface area contributed by atoms with Gasteiger partial charge in [0.1, 0.15) is 6.61 Å². The molecule has 25 heavy (non-hydrogen) atoms. The number of carbonyl (C=O) groups excluding carboxylic acids is 1. The Hall–Kier alpha value is -1.76. The first kappa shape index (κ1) is 18.0.